The molecule has 0 radical (unpaired) electrons. The fourth-order valence-corrected chi connectivity index (χ4v) is 2.39. The van der Waals surface area contributed by atoms with Gasteiger partial charge in [-0.1, -0.05) is 11.6 Å². The van der Waals surface area contributed by atoms with Gasteiger partial charge in [0, 0.05) is 23.6 Å². The number of carbonyl (C=O) groups excluding carboxylic acids is 1. The Kier molecular flexibility index (Phi) is 4.50. The minimum absolute atomic E-state index is 0.290. The Labute approximate surface area is 117 Å². The highest BCUT2D eigenvalue weighted by Gasteiger charge is 2.20. The molecular weight excluding hydrogens is 268 g/mol. The van der Waals surface area contributed by atoms with Crippen molar-refractivity contribution in [1.82, 2.24) is 4.90 Å². The van der Waals surface area contributed by atoms with Crippen LogP contribution in [0.1, 0.15) is 6.42 Å². The molecule has 1 fully saturated rings. The summed E-state index contributed by atoms with van der Waals surface area (Å²) in [7, 11) is 2.10. The summed E-state index contributed by atoms with van der Waals surface area (Å²) >= 11 is 5.93. The molecule has 19 heavy (non-hydrogen) atoms. The summed E-state index contributed by atoms with van der Waals surface area (Å²) in [4.78, 5) is 13.0. The number of halogens is 1. The minimum atomic E-state index is -0.870. The number of hydrogen-bond donors (Lipinski definition) is 1. The van der Waals surface area contributed by atoms with Gasteiger partial charge in [0.1, 0.15) is 11.5 Å². The van der Waals surface area contributed by atoms with E-state index in [1.807, 2.05) is 0 Å². The molecule has 1 aromatic rings. The van der Waals surface area contributed by atoms with E-state index < -0.39 is 6.09 Å². The Bertz CT molecular complexity index is 467. The van der Waals surface area contributed by atoms with Crippen LogP contribution in [0.5, 0.6) is 11.5 Å². The average molecular weight is 285 g/mol. The van der Waals surface area contributed by atoms with Crippen LogP contribution in [0, 0.1) is 5.92 Å². The molecule has 1 heterocycles. The predicted octanol–water partition coefficient (Wildman–Crippen LogP) is 2.13. The van der Waals surface area contributed by atoms with Crippen LogP contribution >= 0.6 is 11.6 Å². The van der Waals surface area contributed by atoms with E-state index in [-0.39, 0.29) is 0 Å². The molecule has 0 aliphatic carbocycles. The Morgan fingerprint density at radius 1 is 1.47 bits per heavy atom. The molecule has 1 atom stereocenters. The first-order chi connectivity index (χ1) is 9.02. The van der Waals surface area contributed by atoms with Crippen LogP contribution in [0.3, 0.4) is 0 Å². The Hall–Kier alpha value is -1.46. The van der Waals surface area contributed by atoms with Crippen LogP contribution in [0.4, 0.5) is 4.79 Å². The van der Waals surface area contributed by atoms with Crippen molar-refractivity contribution in [2.24, 2.45) is 11.7 Å². The second-order valence-corrected chi connectivity index (χ2v) is 5.21. The highest BCUT2D eigenvalue weighted by Crippen LogP contribution is 2.27. The third-order valence-corrected chi connectivity index (χ3v) is 3.26. The highest BCUT2D eigenvalue weighted by molar-refractivity contribution is 6.30. The number of ether oxygens (including phenoxy) is 2. The van der Waals surface area contributed by atoms with Crippen molar-refractivity contribution in [3.63, 3.8) is 0 Å². The van der Waals surface area contributed by atoms with Crippen molar-refractivity contribution in [3.05, 3.63) is 23.2 Å². The van der Waals surface area contributed by atoms with E-state index in [2.05, 4.69) is 11.9 Å². The van der Waals surface area contributed by atoms with Gasteiger partial charge >= 0.3 is 6.09 Å². The molecular formula is C13H17ClN2O3. The van der Waals surface area contributed by atoms with E-state index in [1.165, 1.54) is 6.07 Å². The zero-order valence-electron chi connectivity index (χ0n) is 10.8. The number of likely N-dealkylation sites (tertiary alicyclic amines) is 1. The smallest absolute Gasteiger partial charge is 0.409 e. The minimum Gasteiger partial charge on any atom is -0.493 e. The molecule has 6 heteroatoms. The van der Waals surface area contributed by atoms with Gasteiger partial charge in [-0.2, -0.15) is 0 Å². The molecule has 0 spiro atoms. The number of primary amides is 1. The molecule has 1 amide bonds. The summed E-state index contributed by atoms with van der Waals surface area (Å²) in [6, 6.07) is 4.81. The molecule has 2 rings (SSSR count). The fraction of sp³-hybridized carbons (Fsp3) is 0.462. The second-order valence-electron chi connectivity index (χ2n) is 4.77. The highest BCUT2D eigenvalue weighted by atomic mass is 35.5. The Morgan fingerprint density at radius 3 is 2.84 bits per heavy atom. The molecule has 104 valence electrons. The third-order valence-electron chi connectivity index (χ3n) is 3.04. The number of nitrogens with zero attached hydrogens (tertiary/aromatic N) is 1. The van der Waals surface area contributed by atoms with Crippen LogP contribution in [-0.4, -0.2) is 37.7 Å². The molecule has 1 aliphatic heterocycles. The number of nitrogens with two attached hydrogens (primary N) is 1. The van der Waals surface area contributed by atoms with E-state index in [0.29, 0.717) is 29.0 Å². The average Bonchev–Trinajstić information content (AvgIpc) is 2.71. The lowest BCUT2D eigenvalue weighted by Gasteiger charge is -2.13. The van der Waals surface area contributed by atoms with Crippen molar-refractivity contribution in [2.45, 2.75) is 6.42 Å². The molecule has 5 nitrogen and oxygen atoms in total. The molecule has 1 saturated heterocycles. The van der Waals surface area contributed by atoms with Crippen molar-refractivity contribution < 1.29 is 14.3 Å². The lowest BCUT2D eigenvalue weighted by molar-refractivity contribution is 0.210. The number of amides is 1. The Balaban J connectivity index is 1.95. The van der Waals surface area contributed by atoms with Gasteiger partial charge in [-0.15, -0.1) is 0 Å². The van der Waals surface area contributed by atoms with Crippen LogP contribution in [0.25, 0.3) is 0 Å². The van der Waals surface area contributed by atoms with Gasteiger partial charge in [0.2, 0.25) is 0 Å². The van der Waals surface area contributed by atoms with Gasteiger partial charge in [0.05, 0.1) is 6.61 Å². The predicted molar refractivity (Wildman–Crippen MR) is 72.8 cm³/mol. The van der Waals surface area contributed by atoms with Gasteiger partial charge in [-0.25, -0.2) is 4.79 Å². The molecule has 0 saturated carbocycles. The fourth-order valence-electron chi connectivity index (χ4n) is 2.17. The number of rotatable bonds is 4. The molecule has 0 bridgehead atoms. The molecule has 1 aliphatic rings. The zero-order chi connectivity index (χ0) is 13.8. The molecule has 0 aromatic heterocycles. The van der Waals surface area contributed by atoms with Crippen molar-refractivity contribution in [3.8, 4) is 11.5 Å². The molecule has 2 N–H and O–H groups in total. The largest absolute Gasteiger partial charge is 0.493 e. The summed E-state index contributed by atoms with van der Waals surface area (Å²) in [5.41, 5.74) is 4.96. The number of hydrogen-bond acceptors (Lipinski definition) is 4. The Morgan fingerprint density at radius 2 is 2.21 bits per heavy atom. The van der Waals surface area contributed by atoms with Crippen LogP contribution < -0.4 is 15.2 Å². The van der Waals surface area contributed by atoms with Crippen LogP contribution in [0.15, 0.2) is 18.2 Å². The van der Waals surface area contributed by atoms with Crippen molar-refractivity contribution >= 4 is 17.7 Å². The number of benzene rings is 1. The van der Waals surface area contributed by atoms with Crippen LogP contribution in [-0.2, 0) is 0 Å². The van der Waals surface area contributed by atoms with Gasteiger partial charge in [0.25, 0.3) is 0 Å². The maximum Gasteiger partial charge on any atom is 0.409 e. The first kappa shape index (κ1) is 14.0. The topological polar surface area (TPSA) is 64.8 Å². The quantitative estimate of drug-likeness (QED) is 0.920. The summed E-state index contributed by atoms with van der Waals surface area (Å²) in [5.74, 6) is 1.39. The maximum absolute atomic E-state index is 10.7. The zero-order valence-corrected chi connectivity index (χ0v) is 11.5. The normalized spacial score (nSPS) is 19.4. The monoisotopic (exact) mass is 284 g/mol. The summed E-state index contributed by atoms with van der Waals surface area (Å²) in [5, 5.41) is 0.442. The SMILES string of the molecule is CN1CCC(COc2cc(Cl)cc(OC(N)=O)c2)C1. The summed E-state index contributed by atoms with van der Waals surface area (Å²) in [6.45, 7) is 2.76. The van der Waals surface area contributed by atoms with Gasteiger partial charge in [-0.3, -0.25) is 0 Å². The summed E-state index contributed by atoms with van der Waals surface area (Å²) < 4.78 is 10.5. The van der Waals surface area contributed by atoms with Crippen LogP contribution in [0.2, 0.25) is 5.02 Å². The lowest BCUT2D eigenvalue weighted by atomic mass is 10.1. The van der Waals surface area contributed by atoms with E-state index in [9.17, 15) is 4.79 Å². The van der Waals surface area contributed by atoms with E-state index in [1.54, 1.807) is 12.1 Å². The number of carbonyl (C=O) groups is 1. The molecule has 1 unspecified atom stereocenters. The van der Waals surface area contributed by atoms with E-state index >= 15 is 0 Å². The van der Waals surface area contributed by atoms with Crippen molar-refractivity contribution in [2.75, 3.05) is 26.7 Å². The van der Waals surface area contributed by atoms with Gasteiger partial charge in [-0.05, 0) is 32.1 Å². The first-order valence-corrected chi connectivity index (χ1v) is 6.50. The van der Waals surface area contributed by atoms with E-state index in [0.717, 1.165) is 19.5 Å². The lowest BCUT2D eigenvalue weighted by Crippen LogP contribution is -2.18. The molecule has 1 aromatic carbocycles. The van der Waals surface area contributed by atoms with E-state index in [4.69, 9.17) is 26.8 Å². The van der Waals surface area contributed by atoms with Gasteiger partial charge < -0.3 is 20.1 Å². The first-order valence-electron chi connectivity index (χ1n) is 6.12. The summed E-state index contributed by atoms with van der Waals surface area (Å²) in [6.07, 6.45) is 0.257. The standard InChI is InChI=1S/C13H17ClN2O3/c1-16-3-2-9(7-16)8-18-11-4-10(14)5-12(6-11)19-13(15)17/h4-6,9H,2-3,7-8H2,1H3,(H2,15,17). The second kappa shape index (κ2) is 6.12. The van der Waals surface area contributed by atoms with Crippen molar-refractivity contribution in [1.29, 1.82) is 0 Å². The maximum atomic E-state index is 10.7. The van der Waals surface area contributed by atoms with Gasteiger partial charge in [0.15, 0.2) is 0 Å². The third kappa shape index (κ3) is 4.29.